The molecule has 198 valence electrons. The van der Waals surface area contributed by atoms with Gasteiger partial charge in [-0.1, -0.05) is 0 Å². The summed E-state index contributed by atoms with van der Waals surface area (Å²) in [6, 6.07) is -0.504. The second kappa shape index (κ2) is 8.74. The summed E-state index contributed by atoms with van der Waals surface area (Å²) in [7, 11) is -3.63. The quantitative estimate of drug-likeness (QED) is 0.562. The van der Waals surface area contributed by atoms with E-state index in [-0.39, 0.29) is 40.0 Å². The summed E-state index contributed by atoms with van der Waals surface area (Å²) in [6.07, 6.45) is 0.333. The highest BCUT2D eigenvalue weighted by Gasteiger charge is 2.56. The highest BCUT2D eigenvalue weighted by atomic mass is 32.2. The maximum atomic E-state index is 14.7. The summed E-state index contributed by atoms with van der Waals surface area (Å²) < 4.78 is 91.7. The normalized spacial score (nSPS) is 23.9. The van der Waals surface area contributed by atoms with Crippen LogP contribution < -0.4 is 5.32 Å². The van der Waals surface area contributed by atoms with Gasteiger partial charge in [-0.2, -0.15) is 13.2 Å². The number of nitrogens with one attached hydrogen (secondary N) is 1. The van der Waals surface area contributed by atoms with Crippen LogP contribution >= 0.6 is 0 Å². The Kier molecular flexibility index (Phi) is 6.04. The molecule has 3 fully saturated rings. The molecule has 2 amide bonds. The van der Waals surface area contributed by atoms with Crippen molar-refractivity contribution in [1.29, 1.82) is 0 Å². The number of pyridine rings is 1. The first-order valence-corrected chi connectivity index (χ1v) is 13.5. The summed E-state index contributed by atoms with van der Waals surface area (Å²) in [4.78, 5) is 31.6. The number of sulfone groups is 1. The number of benzene rings is 1. The van der Waals surface area contributed by atoms with E-state index in [4.69, 9.17) is 0 Å². The molecule has 0 spiro atoms. The number of rotatable bonds is 6. The van der Waals surface area contributed by atoms with E-state index >= 15 is 0 Å². The third kappa shape index (κ3) is 4.92. The maximum absolute atomic E-state index is 14.7. The first kappa shape index (κ1) is 25.6. The summed E-state index contributed by atoms with van der Waals surface area (Å²) in [5, 5.41) is 2.64. The highest BCUT2D eigenvalue weighted by molar-refractivity contribution is 7.90. The Morgan fingerprint density at radius 2 is 1.78 bits per heavy atom. The number of halogens is 5. The van der Waals surface area contributed by atoms with E-state index in [9.17, 15) is 40.0 Å². The minimum Gasteiger partial charge on any atom is -0.347 e. The Bertz CT molecular complexity index is 1390. The zero-order valence-corrected chi connectivity index (χ0v) is 20.2. The minimum absolute atomic E-state index is 0.0112. The van der Waals surface area contributed by atoms with E-state index in [2.05, 4.69) is 10.3 Å². The molecule has 1 aromatic carbocycles. The molecule has 13 heteroatoms. The monoisotopic (exact) mass is 543 g/mol. The van der Waals surface area contributed by atoms with Crippen LogP contribution in [0.4, 0.5) is 22.0 Å². The van der Waals surface area contributed by atoms with E-state index in [0.29, 0.717) is 31.7 Å². The summed E-state index contributed by atoms with van der Waals surface area (Å²) in [5.74, 6) is -4.37. The molecule has 2 saturated carbocycles. The molecular weight excluding hydrogens is 521 g/mol. The van der Waals surface area contributed by atoms with Crippen molar-refractivity contribution in [3.05, 3.63) is 58.9 Å². The molecule has 2 heterocycles. The summed E-state index contributed by atoms with van der Waals surface area (Å²) in [5.41, 5.74) is -2.12. The number of carbonyl (C=O) groups excluding carboxylic acids is 2. The molecule has 7 nitrogen and oxygen atoms in total. The third-order valence-corrected chi connectivity index (χ3v) is 8.23. The highest BCUT2D eigenvalue weighted by Crippen LogP contribution is 2.49. The lowest BCUT2D eigenvalue weighted by molar-refractivity contribution is -0.140. The molecule has 0 unspecified atom stereocenters. The largest absolute Gasteiger partial charge is 0.419 e. The van der Waals surface area contributed by atoms with Gasteiger partial charge >= 0.3 is 6.18 Å². The van der Waals surface area contributed by atoms with Gasteiger partial charge in [0.05, 0.1) is 22.1 Å². The fraction of sp³-hybridized carbons (Fsp3) is 0.458. The van der Waals surface area contributed by atoms with Crippen molar-refractivity contribution < 1.29 is 40.0 Å². The van der Waals surface area contributed by atoms with Gasteiger partial charge in [0.15, 0.2) is 9.84 Å². The molecule has 0 radical (unpaired) electrons. The van der Waals surface area contributed by atoms with Gasteiger partial charge in [-0.25, -0.2) is 17.2 Å². The summed E-state index contributed by atoms with van der Waals surface area (Å²) >= 11 is 0. The number of alkyl halides is 3. The lowest BCUT2D eigenvalue weighted by atomic mass is 9.98. The van der Waals surface area contributed by atoms with E-state index in [1.807, 2.05) is 0 Å². The van der Waals surface area contributed by atoms with Gasteiger partial charge < -0.3 is 10.2 Å². The number of carbonyl (C=O) groups is 2. The van der Waals surface area contributed by atoms with Crippen LogP contribution in [0, 0.1) is 23.5 Å². The van der Waals surface area contributed by atoms with Crippen molar-refractivity contribution in [2.45, 2.75) is 54.9 Å². The van der Waals surface area contributed by atoms with Gasteiger partial charge in [-0.15, -0.1) is 0 Å². The number of hydrogen-bond acceptors (Lipinski definition) is 5. The molecule has 37 heavy (non-hydrogen) atoms. The lowest BCUT2D eigenvalue weighted by Crippen LogP contribution is -2.49. The predicted molar refractivity (Wildman–Crippen MR) is 119 cm³/mol. The van der Waals surface area contributed by atoms with Crippen molar-refractivity contribution in [3.63, 3.8) is 0 Å². The van der Waals surface area contributed by atoms with Crippen LogP contribution in [-0.2, 0) is 20.8 Å². The van der Waals surface area contributed by atoms with Gasteiger partial charge in [-0.05, 0) is 55.7 Å². The maximum Gasteiger partial charge on any atom is 0.419 e. The Hall–Kier alpha value is -3.09. The first-order chi connectivity index (χ1) is 17.3. The number of likely N-dealkylation sites (tertiary alicyclic amines) is 1. The first-order valence-electron chi connectivity index (χ1n) is 11.6. The van der Waals surface area contributed by atoms with Crippen molar-refractivity contribution in [3.8, 4) is 0 Å². The SMILES string of the molecule is CS(=O)(=O)c1cncc(C(=O)N2[C@@H](C(=O)N[C@@H](c3cc(F)c(C(F)(F)F)cc3F)C3CC3)C[C@H]3C[C@H]32)c1. The molecule has 3 aliphatic rings. The Labute approximate surface area is 209 Å². The number of hydrogen-bond donors (Lipinski definition) is 1. The smallest absolute Gasteiger partial charge is 0.347 e. The number of fused-ring (bicyclic) bond motifs is 1. The molecule has 1 aliphatic heterocycles. The second-order valence-corrected chi connectivity index (χ2v) is 11.9. The predicted octanol–water partition coefficient (Wildman–Crippen LogP) is 3.65. The summed E-state index contributed by atoms with van der Waals surface area (Å²) in [6.45, 7) is 0. The van der Waals surface area contributed by atoms with Crippen molar-refractivity contribution in [2.24, 2.45) is 11.8 Å². The Morgan fingerprint density at radius 1 is 1.08 bits per heavy atom. The second-order valence-electron chi connectivity index (χ2n) is 9.88. The number of amides is 2. The molecule has 2 aliphatic carbocycles. The number of piperidine rings is 1. The average molecular weight is 544 g/mol. The van der Waals surface area contributed by atoms with E-state index in [1.54, 1.807) is 0 Å². The van der Waals surface area contributed by atoms with E-state index in [0.717, 1.165) is 12.5 Å². The number of aromatic nitrogens is 1. The van der Waals surface area contributed by atoms with E-state index in [1.165, 1.54) is 17.2 Å². The van der Waals surface area contributed by atoms with Crippen molar-refractivity contribution in [2.75, 3.05) is 6.26 Å². The number of nitrogens with zero attached hydrogens (tertiary/aromatic N) is 2. The lowest BCUT2D eigenvalue weighted by Gasteiger charge is -2.29. The third-order valence-electron chi connectivity index (χ3n) is 7.15. The zero-order chi connectivity index (χ0) is 26.9. The Morgan fingerprint density at radius 3 is 2.41 bits per heavy atom. The average Bonchev–Trinajstić information content (AvgIpc) is 3.75. The molecule has 4 atom stereocenters. The molecule has 1 aromatic heterocycles. The van der Waals surface area contributed by atoms with Gasteiger partial charge in [-0.3, -0.25) is 14.6 Å². The molecular formula is C24H22F5N3O4S. The molecule has 5 rings (SSSR count). The van der Waals surface area contributed by atoms with Crippen LogP contribution in [-0.4, -0.2) is 48.5 Å². The van der Waals surface area contributed by atoms with Crippen LogP contribution in [0.25, 0.3) is 0 Å². The molecule has 2 aromatic rings. The van der Waals surface area contributed by atoms with Crippen LogP contribution in [0.15, 0.2) is 35.5 Å². The van der Waals surface area contributed by atoms with Crippen LogP contribution in [0.2, 0.25) is 0 Å². The van der Waals surface area contributed by atoms with Crippen molar-refractivity contribution in [1.82, 2.24) is 15.2 Å². The standard InChI is InChI=1S/C24H22F5N3O4S/c1-37(35,36)14-4-13(9-30-10-14)23(34)32-19-5-12(19)6-20(32)22(33)31-21(11-2-3-11)15-7-18(26)16(8-17(15)25)24(27,28)29/h4,7-12,19-21H,2-3,5-6H2,1H3,(H,31,33)/t12-,19-,20-,21-/m1/s1. The molecule has 0 bridgehead atoms. The molecule has 1 N–H and O–H groups in total. The fourth-order valence-corrected chi connectivity index (χ4v) is 5.61. The van der Waals surface area contributed by atoms with Crippen LogP contribution in [0.5, 0.6) is 0 Å². The Balaban J connectivity index is 1.40. The van der Waals surface area contributed by atoms with Gasteiger partial charge in [0.2, 0.25) is 5.91 Å². The van der Waals surface area contributed by atoms with Crippen molar-refractivity contribution >= 4 is 21.7 Å². The fourth-order valence-electron chi connectivity index (χ4n) is 5.02. The van der Waals surface area contributed by atoms with Crippen LogP contribution in [0.3, 0.4) is 0 Å². The molecule has 1 saturated heterocycles. The minimum atomic E-state index is -5.07. The van der Waals surface area contributed by atoms with E-state index < -0.39 is 57.1 Å². The van der Waals surface area contributed by atoms with Gasteiger partial charge in [0.1, 0.15) is 17.7 Å². The zero-order valence-electron chi connectivity index (χ0n) is 19.4. The van der Waals surface area contributed by atoms with Crippen LogP contribution in [0.1, 0.15) is 53.2 Å². The topological polar surface area (TPSA) is 96.4 Å². The van der Waals surface area contributed by atoms with Gasteiger partial charge in [0, 0.05) is 30.3 Å². The van der Waals surface area contributed by atoms with Gasteiger partial charge in [0.25, 0.3) is 5.91 Å².